The summed E-state index contributed by atoms with van der Waals surface area (Å²) in [4.78, 5) is 0. The molecule has 0 aliphatic heterocycles. The third-order valence-electron chi connectivity index (χ3n) is 12.4. The topological polar surface area (TPSA) is 0 Å². The van der Waals surface area contributed by atoms with Gasteiger partial charge in [0.1, 0.15) is 0 Å². The molecule has 1 heteroatoms. The van der Waals surface area contributed by atoms with Crippen LogP contribution in [0, 0.1) is 0 Å². The fourth-order valence-electron chi connectivity index (χ4n) is 9.44. The van der Waals surface area contributed by atoms with Gasteiger partial charge in [-0.1, -0.05) is 182 Å². The number of fused-ring (bicyclic) bond motifs is 9. The zero-order chi connectivity index (χ0) is 40.3. The molecule has 0 saturated carbocycles. The molecule has 0 spiro atoms. The number of rotatable bonds is 6. The summed E-state index contributed by atoms with van der Waals surface area (Å²) in [5, 5.41) is 10.4. The second kappa shape index (κ2) is 14.6. The minimum absolute atomic E-state index is 1.19. The van der Waals surface area contributed by atoms with Crippen LogP contribution in [0.4, 0.5) is 0 Å². The molecule has 0 N–H and O–H groups in total. The average molecular weight is 791 g/mol. The molecule has 1 heterocycles. The summed E-state index contributed by atoms with van der Waals surface area (Å²) >= 11 is 1.88. The van der Waals surface area contributed by atoms with Crippen LogP contribution in [0.15, 0.2) is 231 Å². The van der Waals surface area contributed by atoms with Crippen LogP contribution >= 0.6 is 11.3 Å². The molecule has 0 atom stereocenters. The third kappa shape index (κ3) is 6.22. The summed E-state index contributed by atoms with van der Waals surface area (Å²) in [6.07, 6.45) is 0. The number of hydrogen-bond donors (Lipinski definition) is 0. The zero-order valence-electron chi connectivity index (χ0n) is 33.3. The number of hydrogen-bond acceptors (Lipinski definition) is 1. The minimum atomic E-state index is 1.19. The molecule has 0 bridgehead atoms. The van der Waals surface area contributed by atoms with Gasteiger partial charge in [0.15, 0.2) is 0 Å². The van der Waals surface area contributed by atoms with E-state index in [0.717, 1.165) is 0 Å². The van der Waals surface area contributed by atoms with Crippen LogP contribution in [0.1, 0.15) is 0 Å². The Balaban J connectivity index is 0.942. The van der Waals surface area contributed by atoms with E-state index >= 15 is 0 Å². The molecule has 0 fully saturated rings. The summed E-state index contributed by atoms with van der Waals surface area (Å²) in [7, 11) is 0. The Hall–Kier alpha value is -7.58. The van der Waals surface area contributed by atoms with Crippen molar-refractivity contribution in [2.24, 2.45) is 0 Å². The van der Waals surface area contributed by atoms with E-state index in [4.69, 9.17) is 0 Å². The summed E-state index contributed by atoms with van der Waals surface area (Å²) in [6.45, 7) is 0. The molecule has 0 unspecified atom stereocenters. The van der Waals surface area contributed by atoms with Gasteiger partial charge in [0.25, 0.3) is 0 Å². The second-order valence-electron chi connectivity index (χ2n) is 16.0. The Kier molecular flexibility index (Phi) is 8.47. The first-order valence-corrected chi connectivity index (χ1v) is 21.8. The Morgan fingerprint density at radius 3 is 1.18 bits per heavy atom. The highest BCUT2D eigenvalue weighted by Gasteiger charge is 2.14. The Morgan fingerprint density at radius 2 is 0.574 bits per heavy atom. The lowest BCUT2D eigenvalue weighted by molar-refractivity contribution is 1.56. The molecule has 61 heavy (non-hydrogen) atoms. The SMILES string of the molecule is c1ccc(-c2cc(-c3cccc(-c4cccc(-c5cccc(-c6cccc7c6sc6ccccc67)c5)c4)c3)cc(-c3ccc4c5ccccc5c5ccccc5c4c3)c2)cc1. The molecule has 0 saturated heterocycles. The molecule has 1 aromatic heterocycles. The molecule has 284 valence electrons. The van der Waals surface area contributed by atoms with Crippen molar-refractivity contribution in [3.05, 3.63) is 231 Å². The Labute approximate surface area is 359 Å². The zero-order valence-corrected chi connectivity index (χ0v) is 34.2. The van der Waals surface area contributed by atoms with Crippen molar-refractivity contribution >= 4 is 63.8 Å². The monoisotopic (exact) mass is 790 g/mol. The molecule has 12 aromatic rings. The highest BCUT2D eigenvalue weighted by molar-refractivity contribution is 7.26. The van der Waals surface area contributed by atoms with E-state index in [9.17, 15) is 0 Å². The van der Waals surface area contributed by atoms with Gasteiger partial charge in [0, 0.05) is 20.2 Å². The van der Waals surface area contributed by atoms with Crippen molar-refractivity contribution in [1.82, 2.24) is 0 Å². The maximum Gasteiger partial charge on any atom is 0.0433 e. The first-order valence-electron chi connectivity index (χ1n) is 21.0. The van der Waals surface area contributed by atoms with Gasteiger partial charge in [-0.3, -0.25) is 0 Å². The van der Waals surface area contributed by atoms with Crippen LogP contribution in [-0.2, 0) is 0 Å². The summed E-state index contributed by atoms with van der Waals surface area (Å²) in [5.41, 5.74) is 14.5. The van der Waals surface area contributed by atoms with Crippen LogP contribution in [-0.4, -0.2) is 0 Å². The minimum Gasteiger partial charge on any atom is -0.135 e. The predicted molar refractivity (Wildman–Crippen MR) is 264 cm³/mol. The maximum atomic E-state index is 2.40. The van der Waals surface area contributed by atoms with E-state index < -0.39 is 0 Å². The first kappa shape index (κ1) is 35.4. The van der Waals surface area contributed by atoms with E-state index in [1.807, 2.05) is 11.3 Å². The van der Waals surface area contributed by atoms with E-state index in [1.165, 1.54) is 119 Å². The fourth-order valence-corrected chi connectivity index (χ4v) is 10.7. The third-order valence-corrected chi connectivity index (χ3v) is 13.6. The molecular weight excluding hydrogens is 753 g/mol. The summed E-state index contributed by atoms with van der Waals surface area (Å²) in [5.74, 6) is 0. The van der Waals surface area contributed by atoms with Gasteiger partial charge in [0.2, 0.25) is 0 Å². The highest BCUT2D eigenvalue weighted by atomic mass is 32.1. The molecule has 0 radical (unpaired) electrons. The number of benzene rings is 11. The standard InChI is InChI=1S/C60H38S/c1-2-14-39(15-3-1)47-35-48(37-49(36-47)45-30-31-55-53-24-5-4-22-51(53)52-23-6-7-25-54(52)58(55)38-45)44-20-11-18-42(33-44)40-16-10-17-41(32-40)43-19-12-21-46(34-43)50-27-13-28-57-56-26-8-9-29-59(56)61-60(50)57/h1-38H. The van der Waals surface area contributed by atoms with E-state index in [1.54, 1.807) is 0 Å². The van der Waals surface area contributed by atoms with Gasteiger partial charge in [-0.05, 0) is 148 Å². The number of thiophene rings is 1. The lowest BCUT2D eigenvalue weighted by Crippen LogP contribution is -1.88. The molecule has 0 aliphatic rings. The summed E-state index contributed by atoms with van der Waals surface area (Å²) in [6, 6.07) is 85.0. The normalized spacial score (nSPS) is 11.6. The van der Waals surface area contributed by atoms with Crippen LogP contribution in [0.25, 0.3) is 119 Å². The average Bonchev–Trinajstić information content (AvgIpc) is 3.73. The molecule has 0 nitrogen and oxygen atoms in total. The second-order valence-corrected chi connectivity index (χ2v) is 17.1. The van der Waals surface area contributed by atoms with Gasteiger partial charge in [-0.15, -0.1) is 11.3 Å². The van der Waals surface area contributed by atoms with Crippen molar-refractivity contribution in [2.45, 2.75) is 0 Å². The smallest absolute Gasteiger partial charge is 0.0433 e. The van der Waals surface area contributed by atoms with Gasteiger partial charge < -0.3 is 0 Å². The van der Waals surface area contributed by atoms with Crippen LogP contribution in [0.2, 0.25) is 0 Å². The molecule has 0 amide bonds. The molecule has 11 aromatic carbocycles. The van der Waals surface area contributed by atoms with E-state index in [0.29, 0.717) is 0 Å². The van der Waals surface area contributed by atoms with Crippen LogP contribution in [0.5, 0.6) is 0 Å². The van der Waals surface area contributed by atoms with Crippen molar-refractivity contribution in [3.63, 3.8) is 0 Å². The largest absolute Gasteiger partial charge is 0.135 e. The first-order chi connectivity index (χ1) is 30.2. The van der Waals surface area contributed by atoms with E-state index in [-0.39, 0.29) is 0 Å². The van der Waals surface area contributed by atoms with Crippen molar-refractivity contribution in [1.29, 1.82) is 0 Å². The van der Waals surface area contributed by atoms with Crippen molar-refractivity contribution in [2.75, 3.05) is 0 Å². The Bertz CT molecular complexity index is 3610. The maximum absolute atomic E-state index is 2.40. The van der Waals surface area contributed by atoms with Crippen molar-refractivity contribution in [3.8, 4) is 66.8 Å². The van der Waals surface area contributed by atoms with Crippen molar-refractivity contribution < 1.29 is 0 Å². The van der Waals surface area contributed by atoms with Gasteiger partial charge in [-0.2, -0.15) is 0 Å². The Morgan fingerprint density at radius 1 is 0.197 bits per heavy atom. The molecule has 0 aliphatic carbocycles. The lowest BCUT2D eigenvalue weighted by atomic mass is 9.89. The van der Waals surface area contributed by atoms with Crippen LogP contribution in [0.3, 0.4) is 0 Å². The van der Waals surface area contributed by atoms with Gasteiger partial charge >= 0.3 is 0 Å². The lowest BCUT2D eigenvalue weighted by Gasteiger charge is -2.15. The van der Waals surface area contributed by atoms with E-state index in [2.05, 4.69) is 231 Å². The summed E-state index contributed by atoms with van der Waals surface area (Å²) < 4.78 is 2.67. The molecular formula is C60H38S. The van der Waals surface area contributed by atoms with Gasteiger partial charge in [-0.25, -0.2) is 0 Å². The van der Waals surface area contributed by atoms with Crippen LogP contribution < -0.4 is 0 Å². The fraction of sp³-hybridized carbons (Fsp3) is 0. The quantitative estimate of drug-likeness (QED) is 0.147. The van der Waals surface area contributed by atoms with Gasteiger partial charge in [0.05, 0.1) is 0 Å². The highest BCUT2D eigenvalue weighted by Crippen LogP contribution is 2.42. The molecule has 12 rings (SSSR count). The predicted octanol–water partition coefficient (Wildman–Crippen LogP) is 17.5.